The molecule has 26 heavy (non-hydrogen) atoms. The van der Waals surface area contributed by atoms with Gasteiger partial charge in [0.25, 0.3) is 0 Å². The molecule has 8 heteroatoms. The Hall–Kier alpha value is -2.00. The van der Waals surface area contributed by atoms with Gasteiger partial charge in [-0.3, -0.25) is 0 Å². The third-order valence-electron chi connectivity index (χ3n) is 4.16. The van der Waals surface area contributed by atoms with E-state index >= 15 is 0 Å². The number of ether oxygens (including phenoxy) is 2. The quantitative estimate of drug-likeness (QED) is 0.803. The molecular weight excluding hydrogens is 361 g/mol. The maximum absolute atomic E-state index is 12.9. The fraction of sp³-hybridized carbons (Fsp3) is 0.333. The van der Waals surface area contributed by atoms with Crippen LogP contribution in [0.4, 0.5) is 4.39 Å². The Morgan fingerprint density at radius 2 is 1.73 bits per heavy atom. The summed E-state index contributed by atoms with van der Waals surface area (Å²) in [4.78, 5) is 0.0577. The van der Waals surface area contributed by atoms with Crippen LogP contribution in [0.25, 0.3) is 0 Å². The van der Waals surface area contributed by atoms with Gasteiger partial charge in [-0.15, -0.1) is 0 Å². The highest BCUT2D eigenvalue weighted by molar-refractivity contribution is 7.89. The highest BCUT2D eigenvalue weighted by Gasteiger charge is 2.36. The Morgan fingerprint density at radius 3 is 2.27 bits per heavy atom. The third kappa shape index (κ3) is 4.39. The molecule has 6 nitrogen and oxygen atoms in total. The van der Waals surface area contributed by atoms with E-state index in [1.807, 2.05) is 0 Å². The summed E-state index contributed by atoms with van der Waals surface area (Å²) in [5, 5.41) is 9.63. The molecule has 0 bridgehead atoms. The Kier molecular flexibility index (Phi) is 5.57. The molecule has 0 aliphatic carbocycles. The van der Waals surface area contributed by atoms with Crippen molar-refractivity contribution in [3.63, 3.8) is 0 Å². The highest BCUT2D eigenvalue weighted by Crippen LogP contribution is 2.25. The standard InChI is InChI=1S/C18H20FNO5S/c19-14-2-4-15(5-3-14)25-16-6-8-17(9-7-16)26(22,23)20-18(12-21)10-1-11-24-13-18/h2-9,20-21H,1,10-13H2/t18-/m0/s1. The second-order valence-electron chi connectivity index (χ2n) is 6.23. The van der Waals surface area contributed by atoms with Crippen molar-refractivity contribution < 1.29 is 27.4 Å². The lowest BCUT2D eigenvalue weighted by molar-refractivity contribution is 0.00378. The zero-order chi connectivity index (χ0) is 18.6. The van der Waals surface area contributed by atoms with Gasteiger partial charge >= 0.3 is 0 Å². The summed E-state index contributed by atoms with van der Waals surface area (Å²) < 4.78 is 51.6. The van der Waals surface area contributed by atoms with Crippen LogP contribution in [0.2, 0.25) is 0 Å². The second kappa shape index (κ2) is 7.71. The Labute approximate surface area is 151 Å². The molecule has 1 aliphatic rings. The van der Waals surface area contributed by atoms with Crippen LogP contribution in [0.15, 0.2) is 53.4 Å². The summed E-state index contributed by atoms with van der Waals surface area (Å²) in [5.74, 6) is 0.501. The molecule has 2 aromatic rings. The molecule has 0 spiro atoms. The molecule has 0 saturated carbocycles. The predicted octanol–water partition coefficient (Wildman–Crippen LogP) is 2.44. The molecular formula is C18H20FNO5S. The average Bonchev–Trinajstić information content (AvgIpc) is 2.64. The van der Waals surface area contributed by atoms with E-state index in [4.69, 9.17) is 9.47 Å². The molecule has 1 saturated heterocycles. The molecule has 0 amide bonds. The average molecular weight is 381 g/mol. The Balaban J connectivity index is 1.73. The minimum absolute atomic E-state index is 0.0577. The maximum atomic E-state index is 12.9. The number of rotatable bonds is 6. The topological polar surface area (TPSA) is 84.9 Å². The summed E-state index contributed by atoms with van der Waals surface area (Å²) in [7, 11) is -3.82. The van der Waals surface area contributed by atoms with E-state index in [9.17, 15) is 17.9 Å². The number of sulfonamides is 1. The normalized spacial score (nSPS) is 20.7. The molecule has 0 unspecified atom stereocenters. The summed E-state index contributed by atoms with van der Waals surface area (Å²) in [5.41, 5.74) is -1.000. The van der Waals surface area contributed by atoms with Gasteiger partial charge in [-0.2, -0.15) is 0 Å². The molecule has 1 aliphatic heterocycles. The van der Waals surface area contributed by atoms with Gasteiger partial charge in [-0.25, -0.2) is 17.5 Å². The smallest absolute Gasteiger partial charge is 0.241 e. The van der Waals surface area contributed by atoms with Gasteiger partial charge in [-0.1, -0.05) is 0 Å². The van der Waals surface area contributed by atoms with Crippen LogP contribution in [-0.4, -0.2) is 38.9 Å². The van der Waals surface area contributed by atoms with Crippen LogP contribution in [0, 0.1) is 5.82 Å². The van der Waals surface area contributed by atoms with Gasteiger partial charge in [0.05, 0.1) is 23.6 Å². The SMILES string of the molecule is O=S(=O)(N[C@]1(CO)CCCOC1)c1ccc(Oc2ccc(F)cc2)cc1. The lowest BCUT2D eigenvalue weighted by Gasteiger charge is -2.35. The van der Waals surface area contributed by atoms with Crippen molar-refractivity contribution in [1.82, 2.24) is 4.72 Å². The second-order valence-corrected chi connectivity index (χ2v) is 7.91. The number of hydrogen-bond acceptors (Lipinski definition) is 5. The largest absolute Gasteiger partial charge is 0.457 e. The van der Waals surface area contributed by atoms with Crippen molar-refractivity contribution in [2.24, 2.45) is 0 Å². The van der Waals surface area contributed by atoms with Crippen molar-refractivity contribution in [3.8, 4) is 11.5 Å². The van der Waals surface area contributed by atoms with E-state index in [0.29, 0.717) is 30.9 Å². The van der Waals surface area contributed by atoms with E-state index in [1.165, 1.54) is 48.5 Å². The molecule has 1 heterocycles. The van der Waals surface area contributed by atoms with E-state index in [-0.39, 0.29) is 23.9 Å². The molecule has 1 fully saturated rings. The molecule has 2 aromatic carbocycles. The van der Waals surface area contributed by atoms with E-state index < -0.39 is 15.6 Å². The number of benzene rings is 2. The third-order valence-corrected chi connectivity index (χ3v) is 5.75. The van der Waals surface area contributed by atoms with Gasteiger partial charge in [0, 0.05) is 6.61 Å². The molecule has 140 valence electrons. The first kappa shape index (κ1) is 18.8. The van der Waals surface area contributed by atoms with Gasteiger partial charge in [0.1, 0.15) is 17.3 Å². The lowest BCUT2D eigenvalue weighted by atomic mass is 9.95. The van der Waals surface area contributed by atoms with Crippen LogP contribution in [0.5, 0.6) is 11.5 Å². The van der Waals surface area contributed by atoms with Crippen molar-refractivity contribution in [2.45, 2.75) is 23.3 Å². The van der Waals surface area contributed by atoms with E-state index in [1.54, 1.807) is 0 Å². The van der Waals surface area contributed by atoms with E-state index in [0.717, 1.165) is 0 Å². The minimum Gasteiger partial charge on any atom is -0.457 e. The number of halogens is 1. The fourth-order valence-corrected chi connectivity index (χ4v) is 4.17. The van der Waals surface area contributed by atoms with Crippen molar-refractivity contribution in [3.05, 3.63) is 54.3 Å². The molecule has 1 atom stereocenters. The minimum atomic E-state index is -3.82. The zero-order valence-electron chi connectivity index (χ0n) is 14.0. The summed E-state index contributed by atoms with van der Waals surface area (Å²) in [6.07, 6.45) is 1.18. The zero-order valence-corrected chi connectivity index (χ0v) is 14.8. The van der Waals surface area contributed by atoms with Gasteiger partial charge in [0.2, 0.25) is 10.0 Å². The number of hydrogen-bond donors (Lipinski definition) is 2. The fourth-order valence-electron chi connectivity index (χ4n) is 2.76. The van der Waals surface area contributed by atoms with Crippen LogP contribution >= 0.6 is 0 Å². The van der Waals surface area contributed by atoms with Gasteiger partial charge in [-0.05, 0) is 61.4 Å². The van der Waals surface area contributed by atoms with Crippen LogP contribution in [0.3, 0.4) is 0 Å². The monoisotopic (exact) mass is 381 g/mol. The lowest BCUT2D eigenvalue weighted by Crippen LogP contribution is -2.56. The van der Waals surface area contributed by atoms with E-state index in [2.05, 4.69) is 4.72 Å². The predicted molar refractivity (Wildman–Crippen MR) is 93.1 cm³/mol. The molecule has 3 rings (SSSR count). The summed E-state index contributed by atoms with van der Waals surface area (Å²) in [6, 6.07) is 11.4. The molecule has 0 radical (unpaired) electrons. The highest BCUT2D eigenvalue weighted by atomic mass is 32.2. The van der Waals surface area contributed by atoms with Crippen molar-refractivity contribution in [1.29, 1.82) is 0 Å². The van der Waals surface area contributed by atoms with Gasteiger partial charge < -0.3 is 14.6 Å². The first-order valence-electron chi connectivity index (χ1n) is 8.19. The van der Waals surface area contributed by atoms with Crippen molar-refractivity contribution in [2.75, 3.05) is 19.8 Å². The van der Waals surface area contributed by atoms with Gasteiger partial charge in [0.15, 0.2) is 0 Å². The number of aliphatic hydroxyl groups is 1. The first-order valence-corrected chi connectivity index (χ1v) is 9.67. The summed E-state index contributed by atoms with van der Waals surface area (Å²) >= 11 is 0. The maximum Gasteiger partial charge on any atom is 0.241 e. The van der Waals surface area contributed by atoms with Crippen molar-refractivity contribution >= 4 is 10.0 Å². The Bertz CT molecular complexity index is 831. The summed E-state index contributed by atoms with van der Waals surface area (Å²) in [6.45, 7) is 0.353. The number of nitrogens with one attached hydrogen (secondary N) is 1. The molecule has 0 aromatic heterocycles. The van der Waals surface area contributed by atoms with Crippen LogP contribution < -0.4 is 9.46 Å². The van der Waals surface area contributed by atoms with Crippen LogP contribution in [0.1, 0.15) is 12.8 Å². The Morgan fingerprint density at radius 1 is 1.12 bits per heavy atom. The first-order chi connectivity index (χ1) is 12.4. The molecule has 2 N–H and O–H groups in total. The number of aliphatic hydroxyl groups excluding tert-OH is 1. The van der Waals surface area contributed by atoms with Crippen LogP contribution in [-0.2, 0) is 14.8 Å².